The summed E-state index contributed by atoms with van der Waals surface area (Å²) in [6.07, 6.45) is 98.0. The Morgan fingerprint density at radius 2 is 0.470 bits per heavy atom. The zero-order valence-electron chi connectivity index (χ0n) is 54.4. The van der Waals surface area contributed by atoms with E-state index >= 15 is 0 Å². The Balaban J connectivity index is 4.16. The van der Waals surface area contributed by atoms with Crippen molar-refractivity contribution in [3.05, 3.63) is 122 Å². The van der Waals surface area contributed by atoms with E-state index in [-0.39, 0.29) is 31.1 Å². The summed E-state index contributed by atoms with van der Waals surface area (Å²) in [5.74, 6) is -0.884. The number of hydrogen-bond donors (Lipinski definition) is 0. The standard InChI is InChI=1S/C77H130O6/c1-4-7-10-13-16-19-22-24-26-28-30-31-32-33-34-35-36-37-38-39-40-41-42-43-44-45-47-48-50-52-55-58-61-64-67-70-76(79)82-73-74(72-81-75(78)69-66-63-60-57-54-21-18-15-12-9-6-3)83-77(80)71-68-65-62-59-56-53-51-49-46-29-27-25-23-20-17-14-11-8-5-2/h7-8,10-11,16-17,19-20,24-27,30-31,33-34,36-37,46,49,74H,4-6,9,12-15,18,21-23,28-29,32,35,38-45,47-48,50-73H2,1-3H3/b10-7-,11-8-,19-16-,20-17-,26-24-,27-25-,31-30-,34-33-,37-36-,49-46-. The topological polar surface area (TPSA) is 78.9 Å². The van der Waals surface area contributed by atoms with Crippen LogP contribution >= 0.6 is 0 Å². The molecule has 0 heterocycles. The monoisotopic (exact) mass is 1150 g/mol. The summed E-state index contributed by atoms with van der Waals surface area (Å²) in [5, 5.41) is 0. The van der Waals surface area contributed by atoms with Gasteiger partial charge in [-0.05, 0) is 109 Å². The van der Waals surface area contributed by atoms with Crippen molar-refractivity contribution >= 4 is 17.9 Å². The van der Waals surface area contributed by atoms with Gasteiger partial charge in [-0.1, -0.05) is 322 Å². The average Bonchev–Trinajstić information content (AvgIpc) is 3.48. The largest absolute Gasteiger partial charge is 0.462 e. The highest BCUT2D eigenvalue weighted by atomic mass is 16.6. The molecule has 0 bridgehead atoms. The summed E-state index contributed by atoms with van der Waals surface area (Å²) in [6.45, 7) is 6.42. The van der Waals surface area contributed by atoms with Gasteiger partial charge in [0.25, 0.3) is 0 Å². The highest BCUT2D eigenvalue weighted by Gasteiger charge is 2.19. The number of carbonyl (C=O) groups is 3. The van der Waals surface area contributed by atoms with Gasteiger partial charge >= 0.3 is 17.9 Å². The molecular formula is C77H130O6. The third-order valence-electron chi connectivity index (χ3n) is 15.0. The second-order valence-electron chi connectivity index (χ2n) is 23.0. The minimum atomic E-state index is -0.785. The van der Waals surface area contributed by atoms with Crippen LogP contribution in [0.1, 0.15) is 329 Å². The van der Waals surface area contributed by atoms with Gasteiger partial charge in [0.1, 0.15) is 13.2 Å². The number of hydrogen-bond acceptors (Lipinski definition) is 6. The maximum absolute atomic E-state index is 12.9. The lowest BCUT2D eigenvalue weighted by atomic mass is 10.0. The molecule has 0 radical (unpaired) electrons. The van der Waals surface area contributed by atoms with E-state index in [1.807, 2.05) is 0 Å². The van der Waals surface area contributed by atoms with Crippen LogP contribution in [0.2, 0.25) is 0 Å². The van der Waals surface area contributed by atoms with E-state index in [2.05, 4.69) is 142 Å². The molecule has 0 N–H and O–H groups in total. The van der Waals surface area contributed by atoms with Gasteiger partial charge < -0.3 is 14.2 Å². The maximum atomic E-state index is 12.9. The van der Waals surface area contributed by atoms with Gasteiger partial charge in [0, 0.05) is 19.3 Å². The summed E-state index contributed by atoms with van der Waals surface area (Å²) in [5.41, 5.74) is 0. The molecule has 0 saturated heterocycles. The fourth-order valence-corrected chi connectivity index (χ4v) is 9.79. The molecule has 0 spiro atoms. The minimum Gasteiger partial charge on any atom is -0.462 e. The van der Waals surface area contributed by atoms with Crippen LogP contribution in [0.3, 0.4) is 0 Å². The van der Waals surface area contributed by atoms with Crippen molar-refractivity contribution < 1.29 is 28.6 Å². The van der Waals surface area contributed by atoms with Gasteiger partial charge in [0.2, 0.25) is 0 Å². The van der Waals surface area contributed by atoms with Crippen LogP contribution in [0, 0.1) is 0 Å². The van der Waals surface area contributed by atoms with E-state index in [4.69, 9.17) is 14.2 Å². The van der Waals surface area contributed by atoms with Crippen molar-refractivity contribution in [1.29, 1.82) is 0 Å². The van der Waals surface area contributed by atoms with Gasteiger partial charge in [0.05, 0.1) is 0 Å². The van der Waals surface area contributed by atoms with Crippen molar-refractivity contribution in [2.24, 2.45) is 0 Å². The SMILES string of the molecule is CC/C=C\C/C=C\C/C=C\C/C=C\C/C=C\C/C=C\CCCCCCCCCCCCCCCCCCC(=O)OCC(COC(=O)CCCCCCCCCCCCC)OC(=O)CCCCCCCC/C=C\C/C=C\C/C=C\C/C=C\CC. The first-order chi connectivity index (χ1) is 41.0. The Morgan fingerprint density at radius 3 is 0.735 bits per heavy atom. The van der Waals surface area contributed by atoms with Crippen molar-refractivity contribution in [3.8, 4) is 0 Å². The van der Waals surface area contributed by atoms with Crippen LogP contribution in [0.15, 0.2) is 122 Å². The minimum absolute atomic E-state index is 0.0809. The molecular weight excluding hydrogens is 1020 g/mol. The number of unbranched alkanes of at least 4 members (excludes halogenated alkanes) is 32. The van der Waals surface area contributed by atoms with Gasteiger partial charge in [-0.15, -0.1) is 0 Å². The van der Waals surface area contributed by atoms with Crippen LogP contribution in [-0.4, -0.2) is 37.2 Å². The predicted molar refractivity (Wildman–Crippen MR) is 362 cm³/mol. The van der Waals surface area contributed by atoms with Gasteiger partial charge in [-0.2, -0.15) is 0 Å². The Labute approximate surface area is 513 Å². The Bertz CT molecular complexity index is 1700. The second kappa shape index (κ2) is 70.3. The quantitative estimate of drug-likeness (QED) is 0.0261. The van der Waals surface area contributed by atoms with Crippen molar-refractivity contribution in [2.75, 3.05) is 13.2 Å². The molecule has 0 saturated carbocycles. The van der Waals surface area contributed by atoms with Crippen LogP contribution in [-0.2, 0) is 28.6 Å². The average molecular weight is 1150 g/mol. The van der Waals surface area contributed by atoms with Gasteiger partial charge in [-0.3, -0.25) is 14.4 Å². The Morgan fingerprint density at radius 1 is 0.253 bits per heavy atom. The second-order valence-corrected chi connectivity index (χ2v) is 23.0. The van der Waals surface area contributed by atoms with E-state index < -0.39 is 6.10 Å². The summed E-state index contributed by atoms with van der Waals surface area (Å²) in [6, 6.07) is 0. The lowest BCUT2D eigenvalue weighted by Gasteiger charge is -2.18. The number of carbonyl (C=O) groups excluding carboxylic acids is 3. The molecule has 83 heavy (non-hydrogen) atoms. The van der Waals surface area contributed by atoms with Gasteiger partial charge in [-0.25, -0.2) is 0 Å². The molecule has 0 rings (SSSR count). The number of allylic oxidation sites excluding steroid dienone is 20. The van der Waals surface area contributed by atoms with Crippen LogP contribution in [0.4, 0.5) is 0 Å². The number of ether oxygens (including phenoxy) is 3. The van der Waals surface area contributed by atoms with Crippen molar-refractivity contribution in [2.45, 2.75) is 335 Å². The highest BCUT2D eigenvalue weighted by Crippen LogP contribution is 2.17. The fraction of sp³-hybridized carbons (Fsp3) is 0.701. The molecule has 0 aliphatic heterocycles. The summed E-state index contributed by atoms with van der Waals surface area (Å²) in [7, 11) is 0. The van der Waals surface area contributed by atoms with E-state index in [1.54, 1.807) is 0 Å². The van der Waals surface area contributed by atoms with Crippen molar-refractivity contribution in [3.63, 3.8) is 0 Å². The molecule has 0 aromatic rings. The smallest absolute Gasteiger partial charge is 0.306 e. The van der Waals surface area contributed by atoms with E-state index in [1.165, 1.54) is 154 Å². The first-order valence-corrected chi connectivity index (χ1v) is 35.0. The highest BCUT2D eigenvalue weighted by molar-refractivity contribution is 5.71. The Hall–Kier alpha value is -4.19. The first kappa shape index (κ1) is 78.8. The number of esters is 3. The first-order valence-electron chi connectivity index (χ1n) is 35.0. The summed E-state index contributed by atoms with van der Waals surface area (Å²) < 4.78 is 16.9. The third-order valence-corrected chi connectivity index (χ3v) is 15.0. The Kier molecular flexibility index (Phi) is 66.7. The van der Waals surface area contributed by atoms with Crippen LogP contribution in [0.5, 0.6) is 0 Å². The number of rotatable bonds is 63. The van der Waals surface area contributed by atoms with Gasteiger partial charge in [0.15, 0.2) is 6.10 Å². The molecule has 0 fully saturated rings. The van der Waals surface area contributed by atoms with E-state index in [9.17, 15) is 14.4 Å². The third kappa shape index (κ3) is 68.5. The molecule has 0 amide bonds. The van der Waals surface area contributed by atoms with E-state index in [0.717, 1.165) is 135 Å². The molecule has 0 aliphatic rings. The molecule has 474 valence electrons. The fourth-order valence-electron chi connectivity index (χ4n) is 9.79. The lowest BCUT2D eigenvalue weighted by molar-refractivity contribution is -0.167. The normalized spacial score (nSPS) is 12.9. The molecule has 0 aliphatic carbocycles. The molecule has 1 atom stereocenters. The summed E-state index contributed by atoms with van der Waals surface area (Å²) in [4.78, 5) is 38.3. The predicted octanol–water partition coefficient (Wildman–Crippen LogP) is 24.3. The maximum Gasteiger partial charge on any atom is 0.306 e. The molecule has 0 aromatic carbocycles. The zero-order valence-corrected chi connectivity index (χ0v) is 54.4. The van der Waals surface area contributed by atoms with Crippen molar-refractivity contribution in [1.82, 2.24) is 0 Å². The lowest BCUT2D eigenvalue weighted by Crippen LogP contribution is -2.30. The van der Waals surface area contributed by atoms with Crippen LogP contribution in [0.25, 0.3) is 0 Å². The molecule has 6 heteroatoms. The summed E-state index contributed by atoms with van der Waals surface area (Å²) >= 11 is 0. The van der Waals surface area contributed by atoms with Crippen LogP contribution < -0.4 is 0 Å². The zero-order chi connectivity index (χ0) is 59.9. The molecule has 0 aromatic heterocycles. The molecule has 1 unspecified atom stereocenters. The van der Waals surface area contributed by atoms with E-state index in [0.29, 0.717) is 19.3 Å². The molecule has 6 nitrogen and oxygen atoms in total.